The van der Waals surface area contributed by atoms with Gasteiger partial charge >= 0.3 is 0 Å². The van der Waals surface area contributed by atoms with Crippen LogP contribution >= 0.6 is 15.9 Å². The smallest absolute Gasteiger partial charge is 0.193 e. The van der Waals surface area contributed by atoms with Crippen LogP contribution in [0.25, 0.3) is 10.9 Å². The lowest BCUT2D eigenvalue weighted by Crippen LogP contribution is -2.03. The van der Waals surface area contributed by atoms with E-state index in [-0.39, 0.29) is 5.78 Å². The summed E-state index contributed by atoms with van der Waals surface area (Å²) < 4.78 is 0.916. The van der Waals surface area contributed by atoms with Crippen LogP contribution in [-0.4, -0.2) is 10.8 Å². The maximum atomic E-state index is 12.7. The first-order valence-electron chi connectivity index (χ1n) is 6.31. The van der Waals surface area contributed by atoms with Crippen LogP contribution in [0.4, 0.5) is 0 Å². The Kier molecular flexibility index (Phi) is 3.36. The fraction of sp³-hybridized carbons (Fsp3) is 0.0588. The number of hydrogen-bond donors (Lipinski definition) is 0. The molecule has 2 aromatic carbocycles. The average Bonchev–Trinajstić information content (AvgIpc) is 2.45. The van der Waals surface area contributed by atoms with E-state index in [2.05, 4.69) is 20.9 Å². The molecule has 0 amide bonds. The van der Waals surface area contributed by atoms with Crippen molar-refractivity contribution in [1.82, 2.24) is 4.98 Å². The van der Waals surface area contributed by atoms with Crippen LogP contribution in [0.5, 0.6) is 0 Å². The van der Waals surface area contributed by atoms with Gasteiger partial charge in [0.25, 0.3) is 0 Å². The zero-order valence-electron chi connectivity index (χ0n) is 10.9. The molecule has 3 heteroatoms. The molecule has 0 fully saturated rings. The van der Waals surface area contributed by atoms with Crippen molar-refractivity contribution < 1.29 is 4.79 Å². The van der Waals surface area contributed by atoms with Crippen molar-refractivity contribution in [3.05, 3.63) is 75.9 Å². The van der Waals surface area contributed by atoms with Crippen molar-refractivity contribution in [3.63, 3.8) is 0 Å². The second-order valence-corrected chi connectivity index (χ2v) is 5.64. The summed E-state index contributed by atoms with van der Waals surface area (Å²) in [4.78, 5) is 17.0. The van der Waals surface area contributed by atoms with Gasteiger partial charge in [-0.05, 0) is 42.8 Å². The molecule has 3 aromatic rings. The molecule has 0 N–H and O–H groups in total. The molecule has 2 nitrogen and oxygen atoms in total. The first-order valence-corrected chi connectivity index (χ1v) is 7.10. The van der Waals surface area contributed by atoms with E-state index in [0.717, 1.165) is 20.9 Å². The maximum Gasteiger partial charge on any atom is 0.193 e. The summed E-state index contributed by atoms with van der Waals surface area (Å²) >= 11 is 3.44. The second kappa shape index (κ2) is 5.17. The number of fused-ring (bicyclic) bond motifs is 1. The van der Waals surface area contributed by atoms with E-state index in [4.69, 9.17) is 0 Å². The largest absolute Gasteiger partial charge is 0.289 e. The number of carbonyl (C=O) groups is 1. The predicted octanol–water partition coefficient (Wildman–Crippen LogP) is 4.54. The summed E-state index contributed by atoms with van der Waals surface area (Å²) in [5, 5.41) is 0.887. The Bertz CT molecular complexity index is 785. The summed E-state index contributed by atoms with van der Waals surface area (Å²) in [6.45, 7) is 1.98. The number of nitrogens with zero attached hydrogens (tertiary/aromatic N) is 1. The predicted molar refractivity (Wildman–Crippen MR) is 84.1 cm³/mol. The lowest BCUT2D eigenvalue weighted by Gasteiger charge is -2.07. The molecule has 0 aliphatic carbocycles. The van der Waals surface area contributed by atoms with Gasteiger partial charge in [0.05, 0.1) is 5.52 Å². The van der Waals surface area contributed by atoms with Crippen LogP contribution < -0.4 is 0 Å². The highest BCUT2D eigenvalue weighted by atomic mass is 79.9. The number of pyridine rings is 1. The first-order chi connectivity index (χ1) is 9.65. The van der Waals surface area contributed by atoms with Crippen LogP contribution in [0.15, 0.2) is 59.2 Å². The molecule has 0 saturated carbocycles. The third-order valence-electron chi connectivity index (χ3n) is 3.19. The molecule has 0 atom stereocenters. The Morgan fingerprint density at radius 1 is 1.10 bits per heavy atom. The highest BCUT2D eigenvalue weighted by Gasteiger charge is 2.13. The summed E-state index contributed by atoms with van der Waals surface area (Å²) in [5.41, 5.74) is 3.27. The van der Waals surface area contributed by atoms with Gasteiger partial charge in [0.2, 0.25) is 0 Å². The molecule has 0 unspecified atom stereocenters. The molecule has 0 spiro atoms. The van der Waals surface area contributed by atoms with E-state index in [1.807, 2.05) is 55.5 Å². The molecular weight excluding hydrogens is 314 g/mol. The highest BCUT2D eigenvalue weighted by Crippen LogP contribution is 2.22. The number of hydrogen-bond acceptors (Lipinski definition) is 2. The summed E-state index contributed by atoms with van der Waals surface area (Å²) in [5.74, 6) is 0.0213. The van der Waals surface area contributed by atoms with Gasteiger partial charge in [-0.15, -0.1) is 0 Å². The second-order valence-electron chi connectivity index (χ2n) is 4.72. The molecule has 0 saturated heterocycles. The minimum Gasteiger partial charge on any atom is -0.289 e. The number of carbonyl (C=O) groups excluding carboxylic acids is 1. The molecule has 0 aliphatic heterocycles. The van der Waals surface area contributed by atoms with Gasteiger partial charge in [0.15, 0.2) is 5.78 Å². The number of halogens is 1. The van der Waals surface area contributed by atoms with E-state index >= 15 is 0 Å². The quantitative estimate of drug-likeness (QED) is 0.647. The summed E-state index contributed by atoms with van der Waals surface area (Å²) in [7, 11) is 0. The molecule has 0 bridgehead atoms. The van der Waals surface area contributed by atoms with Gasteiger partial charge in [0.1, 0.15) is 0 Å². The van der Waals surface area contributed by atoms with Gasteiger partial charge in [-0.3, -0.25) is 9.78 Å². The molecule has 98 valence electrons. The fourth-order valence-electron chi connectivity index (χ4n) is 2.32. The van der Waals surface area contributed by atoms with Crippen molar-refractivity contribution in [3.8, 4) is 0 Å². The third kappa shape index (κ3) is 2.37. The van der Waals surface area contributed by atoms with Crippen molar-refractivity contribution in [1.29, 1.82) is 0 Å². The van der Waals surface area contributed by atoms with Crippen LogP contribution in [0.1, 0.15) is 21.5 Å². The Morgan fingerprint density at radius 2 is 1.95 bits per heavy atom. The van der Waals surface area contributed by atoms with Crippen LogP contribution in [0, 0.1) is 6.92 Å². The van der Waals surface area contributed by atoms with Gasteiger partial charge in [-0.2, -0.15) is 0 Å². The molecule has 1 heterocycles. The van der Waals surface area contributed by atoms with Crippen LogP contribution in [-0.2, 0) is 0 Å². The topological polar surface area (TPSA) is 30.0 Å². The number of benzene rings is 2. The summed E-state index contributed by atoms with van der Waals surface area (Å²) in [6.07, 6.45) is 1.74. The number of aryl methyl sites for hydroxylation is 1. The van der Waals surface area contributed by atoms with Crippen molar-refractivity contribution in [2.75, 3.05) is 0 Å². The SMILES string of the molecule is Cc1cc(Br)cc(C(=O)c2cccc3ncccc23)c1. The molecule has 1 aromatic heterocycles. The minimum absolute atomic E-state index is 0.0213. The van der Waals surface area contributed by atoms with E-state index in [0.29, 0.717) is 11.1 Å². The van der Waals surface area contributed by atoms with Crippen molar-refractivity contribution >= 4 is 32.6 Å². The maximum absolute atomic E-state index is 12.7. The molecule has 0 aliphatic rings. The highest BCUT2D eigenvalue weighted by molar-refractivity contribution is 9.10. The molecule has 0 radical (unpaired) electrons. The first kappa shape index (κ1) is 13.0. The lowest BCUT2D eigenvalue weighted by atomic mass is 9.98. The number of aromatic nitrogens is 1. The van der Waals surface area contributed by atoms with Gasteiger partial charge in [-0.1, -0.05) is 34.1 Å². The van der Waals surface area contributed by atoms with Gasteiger partial charge in [-0.25, -0.2) is 0 Å². The molecular formula is C17H12BrNO. The summed E-state index contributed by atoms with van der Waals surface area (Å²) in [6, 6.07) is 15.2. The Morgan fingerprint density at radius 3 is 2.75 bits per heavy atom. The normalized spacial score (nSPS) is 10.7. The zero-order chi connectivity index (χ0) is 14.1. The number of rotatable bonds is 2. The van der Waals surface area contributed by atoms with E-state index in [9.17, 15) is 4.79 Å². The fourth-order valence-corrected chi connectivity index (χ4v) is 2.93. The lowest BCUT2D eigenvalue weighted by molar-refractivity contribution is 0.104. The van der Waals surface area contributed by atoms with Crippen LogP contribution in [0.3, 0.4) is 0 Å². The van der Waals surface area contributed by atoms with E-state index in [1.165, 1.54) is 0 Å². The minimum atomic E-state index is 0.0213. The Balaban J connectivity index is 2.17. The molecule has 3 rings (SSSR count). The van der Waals surface area contributed by atoms with Crippen LogP contribution in [0.2, 0.25) is 0 Å². The monoisotopic (exact) mass is 325 g/mol. The standard InChI is InChI=1S/C17H12BrNO/c1-11-8-12(10-13(18)9-11)17(20)15-4-2-6-16-14(15)5-3-7-19-16/h2-10H,1H3. The third-order valence-corrected chi connectivity index (χ3v) is 3.65. The van der Waals surface area contributed by atoms with Gasteiger partial charge < -0.3 is 0 Å². The number of ketones is 1. The van der Waals surface area contributed by atoms with E-state index in [1.54, 1.807) is 6.20 Å². The zero-order valence-corrected chi connectivity index (χ0v) is 12.5. The van der Waals surface area contributed by atoms with Crippen molar-refractivity contribution in [2.45, 2.75) is 6.92 Å². The van der Waals surface area contributed by atoms with E-state index < -0.39 is 0 Å². The molecule has 20 heavy (non-hydrogen) atoms. The Hall–Kier alpha value is -2.00. The Labute approximate surface area is 125 Å². The average molecular weight is 326 g/mol. The van der Waals surface area contributed by atoms with Gasteiger partial charge in [0, 0.05) is 27.2 Å². The van der Waals surface area contributed by atoms with Crippen molar-refractivity contribution in [2.24, 2.45) is 0 Å².